The van der Waals surface area contributed by atoms with Crippen LogP contribution in [-0.4, -0.2) is 77.5 Å². The third-order valence-electron chi connectivity index (χ3n) is 6.61. The second-order valence-corrected chi connectivity index (χ2v) is 10.1. The van der Waals surface area contributed by atoms with E-state index in [0.717, 1.165) is 10.5 Å². The van der Waals surface area contributed by atoms with Crippen molar-refractivity contribution in [3.05, 3.63) is 75.9 Å². The largest absolute Gasteiger partial charge is 0.481 e. The Balaban J connectivity index is 1.62. The molecule has 1 unspecified atom stereocenters. The molecule has 0 fully saturated rings. The lowest BCUT2D eigenvalue weighted by molar-refractivity contribution is -0.148. The minimum absolute atomic E-state index is 0.118. The summed E-state index contributed by atoms with van der Waals surface area (Å²) in [4.78, 5) is 32.7. The van der Waals surface area contributed by atoms with Crippen molar-refractivity contribution in [1.29, 1.82) is 0 Å². The third-order valence-corrected chi connectivity index (χ3v) is 7.42. The summed E-state index contributed by atoms with van der Waals surface area (Å²) in [6.07, 6.45) is 0.774. The number of methoxy groups -OCH3 is 1. The van der Waals surface area contributed by atoms with Crippen LogP contribution in [0, 0.1) is 0 Å². The number of ether oxygens (including phenoxy) is 1. The minimum atomic E-state index is -1.17. The predicted molar refractivity (Wildman–Crippen MR) is 158 cm³/mol. The lowest BCUT2D eigenvalue weighted by Gasteiger charge is -2.35. The number of amides is 2. The molecular weight excluding hydrogens is 569 g/mol. The molecule has 4 rings (SSSR count). The van der Waals surface area contributed by atoms with Crippen LogP contribution in [0.15, 0.2) is 60.3 Å². The summed E-state index contributed by atoms with van der Waals surface area (Å²) in [7, 11) is 4.51. The van der Waals surface area contributed by atoms with E-state index in [9.17, 15) is 14.7 Å². The van der Waals surface area contributed by atoms with Gasteiger partial charge in [-0.2, -0.15) is 0 Å². The summed E-state index contributed by atoms with van der Waals surface area (Å²) in [6.45, 7) is 1.32. The summed E-state index contributed by atoms with van der Waals surface area (Å²) in [6, 6.07) is 14.4. The van der Waals surface area contributed by atoms with E-state index in [1.54, 1.807) is 32.4 Å². The number of nitrogens with one attached hydrogen (secondary N) is 2. The smallest absolute Gasteiger partial charge is 0.264 e. The summed E-state index contributed by atoms with van der Waals surface area (Å²) < 4.78 is 5.51. The standard InChI is InChI=1S/C29H31Cl2N5O5/c1-35-16-21(28(39)36(2)29(35)40)26(38)33-23-10-5-8-19(25(23)31)18-7-4-9-20(24(18)30)22-12-11-17(27(34-22)41-3)15-32-13-6-14-37/h4-5,7-12,16,29,32,37,40H,6,13-15H2,1-3H3,(H,33,38). The molecule has 1 atom stereocenters. The van der Waals surface area contributed by atoms with E-state index in [1.807, 2.05) is 30.3 Å². The Labute approximate surface area is 248 Å². The van der Waals surface area contributed by atoms with Crippen molar-refractivity contribution >= 4 is 40.7 Å². The monoisotopic (exact) mass is 599 g/mol. The molecule has 41 heavy (non-hydrogen) atoms. The van der Waals surface area contributed by atoms with Gasteiger partial charge in [0.25, 0.3) is 11.8 Å². The minimum Gasteiger partial charge on any atom is -0.481 e. The van der Waals surface area contributed by atoms with Gasteiger partial charge in [-0.3, -0.25) is 14.5 Å². The molecular formula is C29H31Cl2N5O5. The number of likely N-dealkylation sites (N-methyl/N-ethyl adjacent to an activating group) is 1. The van der Waals surface area contributed by atoms with Gasteiger partial charge in [0.05, 0.1) is 28.5 Å². The van der Waals surface area contributed by atoms with Crippen LogP contribution in [0.3, 0.4) is 0 Å². The third kappa shape index (κ3) is 6.47. The first-order valence-corrected chi connectivity index (χ1v) is 13.6. The SMILES string of the molecule is COc1nc(-c2cccc(-c3cccc(NC(=O)C4=CN(C)C(O)N(C)C4=O)c3Cl)c2Cl)ccc1CNCCCO. The molecule has 10 nitrogen and oxygen atoms in total. The van der Waals surface area contributed by atoms with Crippen LogP contribution >= 0.6 is 23.2 Å². The zero-order chi connectivity index (χ0) is 29.7. The van der Waals surface area contributed by atoms with Gasteiger partial charge in [0.2, 0.25) is 12.2 Å². The van der Waals surface area contributed by atoms with Crippen molar-refractivity contribution in [2.45, 2.75) is 19.3 Å². The van der Waals surface area contributed by atoms with E-state index >= 15 is 0 Å². The average molecular weight is 601 g/mol. The molecule has 0 aliphatic carbocycles. The van der Waals surface area contributed by atoms with E-state index in [1.165, 1.54) is 18.1 Å². The van der Waals surface area contributed by atoms with Crippen LogP contribution in [0.25, 0.3) is 22.4 Å². The molecule has 0 saturated carbocycles. The van der Waals surface area contributed by atoms with Crippen LogP contribution < -0.4 is 15.4 Å². The van der Waals surface area contributed by atoms with Crippen LogP contribution in [0.4, 0.5) is 5.69 Å². The van der Waals surface area contributed by atoms with Gasteiger partial charge >= 0.3 is 0 Å². The zero-order valence-electron chi connectivity index (χ0n) is 22.8. The van der Waals surface area contributed by atoms with Crippen LogP contribution in [-0.2, 0) is 16.1 Å². The Morgan fingerprint density at radius 1 is 1.05 bits per heavy atom. The Hall–Kier alpha value is -3.67. The first-order valence-electron chi connectivity index (χ1n) is 12.8. The lowest BCUT2D eigenvalue weighted by Crippen LogP contribution is -2.51. The number of nitrogens with zero attached hydrogens (tertiary/aromatic N) is 3. The highest BCUT2D eigenvalue weighted by atomic mass is 35.5. The lowest BCUT2D eigenvalue weighted by atomic mass is 10.00. The van der Waals surface area contributed by atoms with Crippen LogP contribution in [0.1, 0.15) is 12.0 Å². The van der Waals surface area contributed by atoms with Crippen molar-refractivity contribution in [1.82, 2.24) is 20.1 Å². The summed E-state index contributed by atoms with van der Waals surface area (Å²) in [5.74, 6) is -0.827. The molecule has 0 saturated heterocycles. The van der Waals surface area contributed by atoms with Crippen molar-refractivity contribution in [2.24, 2.45) is 0 Å². The van der Waals surface area contributed by atoms with E-state index in [4.69, 9.17) is 33.0 Å². The normalized spacial score (nSPS) is 15.1. The Morgan fingerprint density at radius 3 is 2.44 bits per heavy atom. The van der Waals surface area contributed by atoms with Gasteiger partial charge in [-0.25, -0.2) is 4.98 Å². The number of aliphatic hydroxyl groups excluding tert-OH is 2. The van der Waals surface area contributed by atoms with E-state index in [2.05, 4.69) is 15.6 Å². The van der Waals surface area contributed by atoms with E-state index in [0.29, 0.717) is 58.5 Å². The maximum Gasteiger partial charge on any atom is 0.264 e. The number of carbonyl (C=O) groups excluding carboxylic acids is 2. The molecule has 2 heterocycles. The fraction of sp³-hybridized carbons (Fsp3) is 0.276. The molecule has 2 aromatic carbocycles. The van der Waals surface area contributed by atoms with Crippen molar-refractivity contribution < 1.29 is 24.5 Å². The van der Waals surface area contributed by atoms with Crippen molar-refractivity contribution in [3.63, 3.8) is 0 Å². The summed E-state index contributed by atoms with van der Waals surface area (Å²) in [5, 5.41) is 25.6. The zero-order valence-corrected chi connectivity index (χ0v) is 24.3. The predicted octanol–water partition coefficient (Wildman–Crippen LogP) is 3.71. The molecule has 216 valence electrons. The molecule has 0 bridgehead atoms. The Bertz CT molecular complexity index is 1480. The molecule has 1 aromatic heterocycles. The highest BCUT2D eigenvalue weighted by Gasteiger charge is 2.33. The van der Waals surface area contributed by atoms with Gasteiger partial charge in [0.1, 0.15) is 5.57 Å². The molecule has 4 N–H and O–H groups in total. The second kappa shape index (κ2) is 13.3. The molecule has 1 aliphatic heterocycles. The number of pyridine rings is 1. The number of aliphatic hydroxyl groups is 2. The summed E-state index contributed by atoms with van der Waals surface area (Å²) in [5.41, 5.74) is 3.47. The van der Waals surface area contributed by atoms with Gasteiger partial charge in [0.15, 0.2) is 0 Å². The number of halogens is 2. The van der Waals surface area contributed by atoms with Gasteiger partial charge in [0, 0.05) is 55.7 Å². The number of hydrogen-bond donors (Lipinski definition) is 4. The maximum absolute atomic E-state index is 13.0. The number of rotatable bonds is 10. The van der Waals surface area contributed by atoms with Gasteiger partial charge in [-0.05, 0) is 25.1 Å². The highest BCUT2D eigenvalue weighted by molar-refractivity contribution is 6.40. The molecule has 0 spiro atoms. The Morgan fingerprint density at radius 2 is 1.73 bits per heavy atom. The first-order chi connectivity index (χ1) is 19.7. The first kappa shape index (κ1) is 30.3. The van der Waals surface area contributed by atoms with E-state index in [-0.39, 0.29) is 17.2 Å². The molecule has 3 aromatic rings. The van der Waals surface area contributed by atoms with Gasteiger partial charge < -0.3 is 30.5 Å². The molecule has 1 aliphatic rings. The number of carbonyl (C=O) groups is 2. The fourth-order valence-electron chi connectivity index (χ4n) is 4.37. The highest BCUT2D eigenvalue weighted by Crippen LogP contribution is 2.41. The quantitative estimate of drug-likeness (QED) is 0.205. The second-order valence-electron chi connectivity index (χ2n) is 9.38. The fourth-order valence-corrected chi connectivity index (χ4v) is 4.97. The molecule has 12 heteroatoms. The van der Waals surface area contributed by atoms with Crippen molar-refractivity contribution in [2.75, 3.05) is 39.7 Å². The van der Waals surface area contributed by atoms with Crippen LogP contribution in [0.5, 0.6) is 5.88 Å². The van der Waals surface area contributed by atoms with Gasteiger partial charge in [-0.1, -0.05) is 59.6 Å². The van der Waals surface area contributed by atoms with Crippen LogP contribution in [0.2, 0.25) is 10.0 Å². The molecule has 2 amide bonds. The maximum atomic E-state index is 13.0. The number of hydrogen-bond acceptors (Lipinski definition) is 8. The number of aromatic nitrogens is 1. The average Bonchev–Trinajstić information content (AvgIpc) is 2.97. The number of anilines is 1. The van der Waals surface area contributed by atoms with E-state index < -0.39 is 18.2 Å². The summed E-state index contributed by atoms with van der Waals surface area (Å²) >= 11 is 13.7. The van der Waals surface area contributed by atoms with Gasteiger partial charge in [-0.15, -0.1) is 0 Å². The topological polar surface area (TPSA) is 127 Å². The number of benzene rings is 2. The Kier molecular flexibility index (Phi) is 9.85. The molecule has 0 radical (unpaired) electrons. The van der Waals surface area contributed by atoms with Crippen molar-refractivity contribution in [3.8, 4) is 28.3 Å².